The number of amides is 1. The topological polar surface area (TPSA) is 50.7 Å². The fourth-order valence-corrected chi connectivity index (χ4v) is 1.93. The Hall–Kier alpha value is -2.62. The first kappa shape index (κ1) is 15.8. The Morgan fingerprint density at radius 3 is 2.23 bits per heavy atom. The van der Waals surface area contributed by atoms with E-state index < -0.39 is 0 Å². The fraction of sp³-hybridized carbons (Fsp3) is 0.222. The fourth-order valence-electron chi connectivity index (χ4n) is 1.93. The number of hydrazone groups is 1. The summed E-state index contributed by atoms with van der Waals surface area (Å²) in [7, 11) is 0. The maximum atomic E-state index is 12.0. The van der Waals surface area contributed by atoms with Crippen LogP contribution in [-0.2, 0) is 0 Å². The van der Waals surface area contributed by atoms with Gasteiger partial charge in [0.1, 0.15) is 5.75 Å². The van der Waals surface area contributed by atoms with E-state index in [9.17, 15) is 4.79 Å². The molecular weight excluding hydrogens is 276 g/mol. The van der Waals surface area contributed by atoms with Crippen molar-refractivity contribution in [1.82, 2.24) is 5.43 Å². The molecule has 1 N–H and O–H groups in total. The third-order valence-corrected chi connectivity index (χ3v) is 3.22. The van der Waals surface area contributed by atoms with E-state index in [2.05, 4.69) is 10.5 Å². The van der Waals surface area contributed by atoms with Crippen molar-refractivity contribution < 1.29 is 9.53 Å². The number of hydrogen-bond acceptors (Lipinski definition) is 3. The molecule has 0 radical (unpaired) electrons. The Labute approximate surface area is 130 Å². The van der Waals surface area contributed by atoms with Crippen LogP contribution in [0.1, 0.15) is 35.3 Å². The van der Waals surface area contributed by atoms with Gasteiger partial charge in [-0.15, -0.1) is 0 Å². The van der Waals surface area contributed by atoms with Crippen molar-refractivity contribution in [3.8, 4) is 5.75 Å². The molecule has 0 saturated heterocycles. The lowest BCUT2D eigenvalue weighted by molar-refractivity contribution is 0.0955. The van der Waals surface area contributed by atoms with Crippen LogP contribution in [0, 0.1) is 6.92 Å². The van der Waals surface area contributed by atoms with E-state index in [-0.39, 0.29) is 5.91 Å². The molecule has 2 aromatic rings. The minimum Gasteiger partial charge on any atom is -0.494 e. The molecule has 0 aliphatic heterocycles. The molecule has 0 heterocycles. The summed E-state index contributed by atoms with van der Waals surface area (Å²) in [5.74, 6) is 0.605. The van der Waals surface area contributed by atoms with Gasteiger partial charge in [-0.05, 0) is 62.7 Å². The van der Waals surface area contributed by atoms with Crippen LogP contribution in [0.3, 0.4) is 0 Å². The number of nitrogens with zero attached hydrogens (tertiary/aromatic N) is 1. The van der Waals surface area contributed by atoms with E-state index in [0.717, 1.165) is 22.6 Å². The van der Waals surface area contributed by atoms with E-state index >= 15 is 0 Å². The molecule has 0 unspecified atom stereocenters. The van der Waals surface area contributed by atoms with Gasteiger partial charge in [0.15, 0.2) is 0 Å². The molecule has 0 aromatic heterocycles. The van der Waals surface area contributed by atoms with Gasteiger partial charge >= 0.3 is 0 Å². The van der Waals surface area contributed by atoms with Crippen LogP contribution in [0.4, 0.5) is 0 Å². The second-order valence-electron chi connectivity index (χ2n) is 4.96. The molecule has 0 aliphatic carbocycles. The highest BCUT2D eigenvalue weighted by Gasteiger charge is 2.04. The Morgan fingerprint density at radius 1 is 1.05 bits per heavy atom. The first-order valence-electron chi connectivity index (χ1n) is 7.24. The summed E-state index contributed by atoms with van der Waals surface area (Å²) in [5, 5.41) is 4.15. The van der Waals surface area contributed by atoms with Crippen molar-refractivity contribution in [2.75, 3.05) is 6.61 Å². The van der Waals surface area contributed by atoms with E-state index in [1.54, 1.807) is 12.1 Å². The van der Waals surface area contributed by atoms with Crippen molar-refractivity contribution >= 4 is 11.6 Å². The van der Waals surface area contributed by atoms with Gasteiger partial charge in [-0.3, -0.25) is 4.79 Å². The number of ether oxygens (including phenoxy) is 1. The first-order valence-corrected chi connectivity index (χ1v) is 7.24. The van der Waals surface area contributed by atoms with E-state index in [0.29, 0.717) is 12.2 Å². The predicted octanol–water partition coefficient (Wildman–Crippen LogP) is 3.55. The van der Waals surface area contributed by atoms with Crippen molar-refractivity contribution in [3.05, 3.63) is 65.2 Å². The number of nitrogens with one attached hydrogen (secondary N) is 1. The lowest BCUT2D eigenvalue weighted by atomic mass is 10.1. The van der Waals surface area contributed by atoms with Crippen LogP contribution >= 0.6 is 0 Å². The molecule has 0 atom stereocenters. The Balaban J connectivity index is 2.02. The minimum absolute atomic E-state index is 0.217. The summed E-state index contributed by atoms with van der Waals surface area (Å²) in [4.78, 5) is 12.0. The average molecular weight is 296 g/mol. The lowest BCUT2D eigenvalue weighted by Gasteiger charge is -2.05. The minimum atomic E-state index is -0.217. The molecule has 0 spiro atoms. The summed E-state index contributed by atoms with van der Waals surface area (Å²) in [5.41, 5.74) is 5.96. The molecule has 0 aliphatic rings. The molecule has 22 heavy (non-hydrogen) atoms. The summed E-state index contributed by atoms with van der Waals surface area (Å²) < 4.78 is 5.40. The van der Waals surface area contributed by atoms with Crippen LogP contribution in [0.25, 0.3) is 0 Å². The zero-order chi connectivity index (χ0) is 15.9. The third-order valence-electron chi connectivity index (χ3n) is 3.22. The molecule has 4 heteroatoms. The van der Waals surface area contributed by atoms with Gasteiger partial charge < -0.3 is 4.74 Å². The van der Waals surface area contributed by atoms with E-state index in [1.165, 1.54) is 0 Å². The standard InChI is InChI=1S/C18H20N2O2/c1-4-22-17-11-9-15(10-12-17)14(3)19-20-18(21)16-7-5-13(2)6-8-16/h5-12H,4H2,1-3H3,(H,20,21)/b19-14-. The van der Waals surface area contributed by atoms with Gasteiger partial charge in [-0.25, -0.2) is 5.43 Å². The van der Waals surface area contributed by atoms with Crippen molar-refractivity contribution in [2.45, 2.75) is 20.8 Å². The second-order valence-corrected chi connectivity index (χ2v) is 4.96. The van der Waals surface area contributed by atoms with Gasteiger partial charge in [-0.1, -0.05) is 17.7 Å². The normalized spacial score (nSPS) is 11.1. The molecule has 0 fully saturated rings. The van der Waals surface area contributed by atoms with Crippen LogP contribution in [0.5, 0.6) is 5.75 Å². The zero-order valence-corrected chi connectivity index (χ0v) is 13.1. The van der Waals surface area contributed by atoms with E-state index in [4.69, 9.17) is 4.74 Å². The Kier molecular flexibility index (Phi) is 5.31. The van der Waals surface area contributed by atoms with Gasteiger partial charge in [0.05, 0.1) is 12.3 Å². The number of aryl methyl sites for hydroxylation is 1. The zero-order valence-electron chi connectivity index (χ0n) is 13.1. The van der Waals surface area contributed by atoms with E-state index in [1.807, 2.05) is 57.2 Å². The molecular formula is C18H20N2O2. The molecule has 2 aromatic carbocycles. The average Bonchev–Trinajstić information content (AvgIpc) is 2.54. The first-order chi connectivity index (χ1) is 10.6. The number of carbonyl (C=O) groups is 1. The summed E-state index contributed by atoms with van der Waals surface area (Å²) in [6.45, 7) is 6.42. The van der Waals surface area contributed by atoms with Crippen molar-refractivity contribution in [1.29, 1.82) is 0 Å². The molecule has 1 amide bonds. The third kappa shape index (κ3) is 4.19. The largest absolute Gasteiger partial charge is 0.494 e. The number of hydrogen-bond donors (Lipinski definition) is 1. The molecule has 2 rings (SSSR count). The van der Waals surface area contributed by atoms with Crippen LogP contribution in [-0.4, -0.2) is 18.2 Å². The lowest BCUT2D eigenvalue weighted by Crippen LogP contribution is -2.19. The molecule has 0 bridgehead atoms. The highest BCUT2D eigenvalue weighted by molar-refractivity contribution is 6.00. The predicted molar refractivity (Wildman–Crippen MR) is 88.5 cm³/mol. The summed E-state index contributed by atoms with van der Waals surface area (Å²) in [6.07, 6.45) is 0. The Bertz CT molecular complexity index is 658. The quantitative estimate of drug-likeness (QED) is 0.677. The monoisotopic (exact) mass is 296 g/mol. The maximum absolute atomic E-state index is 12.0. The highest BCUT2D eigenvalue weighted by Crippen LogP contribution is 2.12. The molecule has 0 saturated carbocycles. The van der Waals surface area contributed by atoms with Crippen LogP contribution in [0.2, 0.25) is 0 Å². The van der Waals surface area contributed by atoms with Crippen molar-refractivity contribution in [2.24, 2.45) is 5.10 Å². The Morgan fingerprint density at radius 2 is 1.64 bits per heavy atom. The highest BCUT2D eigenvalue weighted by atomic mass is 16.5. The summed E-state index contributed by atoms with van der Waals surface area (Å²) in [6, 6.07) is 15.0. The smallest absolute Gasteiger partial charge is 0.271 e. The number of benzene rings is 2. The van der Waals surface area contributed by atoms with Crippen LogP contribution in [0.15, 0.2) is 53.6 Å². The van der Waals surface area contributed by atoms with Gasteiger partial charge in [0.2, 0.25) is 0 Å². The SMILES string of the molecule is CCOc1ccc(/C(C)=N\NC(=O)c2ccc(C)cc2)cc1. The number of rotatable bonds is 5. The maximum Gasteiger partial charge on any atom is 0.271 e. The van der Waals surface area contributed by atoms with Gasteiger partial charge in [0, 0.05) is 5.56 Å². The summed E-state index contributed by atoms with van der Waals surface area (Å²) >= 11 is 0. The van der Waals surface area contributed by atoms with Gasteiger partial charge in [0.25, 0.3) is 5.91 Å². The van der Waals surface area contributed by atoms with Gasteiger partial charge in [-0.2, -0.15) is 5.10 Å². The molecule has 4 nitrogen and oxygen atoms in total. The van der Waals surface area contributed by atoms with Crippen molar-refractivity contribution in [3.63, 3.8) is 0 Å². The van der Waals surface area contributed by atoms with Crippen LogP contribution < -0.4 is 10.2 Å². The molecule has 114 valence electrons. The number of carbonyl (C=O) groups excluding carboxylic acids is 1. The second kappa shape index (κ2) is 7.41.